The van der Waals surface area contributed by atoms with Crippen molar-refractivity contribution in [2.45, 2.75) is 19.4 Å². The van der Waals surface area contributed by atoms with E-state index >= 15 is 0 Å². The third-order valence-corrected chi connectivity index (χ3v) is 3.62. The van der Waals surface area contributed by atoms with Gasteiger partial charge in [0.15, 0.2) is 0 Å². The van der Waals surface area contributed by atoms with Crippen LogP contribution in [0.5, 0.6) is 11.5 Å². The van der Waals surface area contributed by atoms with Crippen LogP contribution in [0.25, 0.3) is 0 Å². The minimum absolute atomic E-state index is 0.434. The van der Waals surface area contributed by atoms with Crippen molar-refractivity contribution in [3.05, 3.63) is 58.6 Å². The molecule has 0 amide bonds. The standard InChI is InChI=1S/C17H19BrO3/c1-2-16(19)15-5-3-4-6-17(15)21-12-11-20-14-9-7-13(18)8-10-14/h3-10,16,19H,2,11-12H2,1H3/t16-/m1/s1. The first-order valence-corrected chi connectivity index (χ1v) is 7.78. The Labute approximate surface area is 133 Å². The van der Waals surface area contributed by atoms with Gasteiger partial charge in [-0.25, -0.2) is 0 Å². The molecular weight excluding hydrogens is 332 g/mol. The summed E-state index contributed by atoms with van der Waals surface area (Å²) < 4.78 is 12.3. The fourth-order valence-electron chi connectivity index (χ4n) is 1.95. The lowest BCUT2D eigenvalue weighted by molar-refractivity contribution is 0.162. The molecule has 0 bridgehead atoms. The van der Waals surface area contributed by atoms with Crippen LogP contribution in [0.2, 0.25) is 0 Å². The Morgan fingerprint density at radius 2 is 1.67 bits per heavy atom. The third-order valence-electron chi connectivity index (χ3n) is 3.09. The highest BCUT2D eigenvalue weighted by molar-refractivity contribution is 9.10. The minimum Gasteiger partial charge on any atom is -0.490 e. The summed E-state index contributed by atoms with van der Waals surface area (Å²) in [6, 6.07) is 15.2. The molecule has 4 heteroatoms. The molecule has 2 aromatic rings. The molecule has 0 aromatic heterocycles. The van der Waals surface area contributed by atoms with Crippen LogP contribution in [0, 0.1) is 0 Å². The second-order valence-electron chi connectivity index (χ2n) is 4.61. The van der Waals surface area contributed by atoms with E-state index in [0.717, 1.165) is 15.8 Å². The first kappa shape index (κ1) is 15.9. The number of halogens is 1. The first-order valence-electron chi connectivity index (χ1n) is 6.99. The van der Waals surface area contributed by atoms with Gasteiger partial charge in [-0.05, 0) is 36.8 Å². The molecule has 0 fully saturated rings. The summed E-state index contributed by atoms with van der Waals surface area (Å²) in [5, 5.41) is 9.95. The number of aliphatic hydroxyl groups excluding tert-OH is 1. The Hall–Kier alpha value is -1.52. The highest BCUT2D eigenvalue weighted by Crippen LogP contribution is 2.26. The van der Waals surface area contributed by atoms with Crippen molar-refractivity contribution in [2.24, 2.45) is 0 Å². The third kappa shape index (κ3) is 4.76. The number of para-hydroxylation sites is 1. The molecule has 21 heavy (non-hydrogen) atoms. The highest BCUT2D eigenvalue weighted by atomic mass is 79.9. The summed E-state index contributed by atoms with van der Waals surface area (Å²) in [5.41, 5.74) is 0.823. The lowest BCUT2D eigenvalue weighted by Gasteiger charge is -2.15. The van der Waals surface area contributed by atoms with Crippen LogP contribution in [-0.2, 0) is 0 Å². The quantitative estimate of drug-likeness (QED) is 0.754. The molecule has 0 unspecified atom stereocenters. The zero-order chi connectivity index (χ0) is 15.1. The van der Waals surface area contributed by atoms with E-state index in [1.807, 2.05) is 55.5 Å². The number of ether oxygens (including phenoxy) is 2. The van der Waals surface area contributed by atoms with E-state index in [2.05, 4.69) is 15.9 Å². The van der Waals surface area contributed by atoms with E-state index < -0.39 is 6.10 Å². The maximum absolute atomic E-state index is 9.95. The van der Waals surface area contributed by atoms with Crippen molar-refractivity contribution >= 4 is 15.9 Å². The molecule has 2 aromatic carbocycles. The summed E-state index contributed by atoms with van der Waals surface area (Å²) in [6.45, 7) is 2.83. The van der Waals surface area contributed by atoms with Crippen LogP contribution in [0.4, 0.5) is 0 Å². The van der Waals surface area contributed by atoms with Gasteiger partial charge in [0.25, 0.3) is 0 Å². The lowest BCUT2D eigenvalue weighted by Crippen LogP contribution is -2.10. The summed E-state index contributed by atoms with van der Waals surface area (Å²) in [5.74, 6) is 1.52. The molecular formula is C17H19BrO3. The van der Waals surface area contributed by atoms with Gasteiger partial charge < -0.3 is 14.6 Å². The van der Waals surface area contributed by atoms with Gasteiger partial charge in [0, 0.05) is 10.0 Å². The van der Waals surface area contributed by atoms with Crippen LogP contribution in [-0.4, -0.2) is 18.3 Å². The second-order valence-corrected chi connectivity index (χ2v) is 5.53. The first-order chi connectivity index (χ1) is 10.2. The maximum atomic E-state index is 9.95. The Morgan fingerprint density at radius 3 is 2.38 bits per heavy atom. The SMILES string of the molecule is CC[C@@H](O)c1ccccc1OCCOc1ccc(Br)cc1. The number of hydrogen-bond donors (Lipinski definition) is 1. The summed E-state index contributed by atoms with van der Waals surface area (Å²) in [7, 11) is 0. The van der Waals surface area contributed by atoms with Gasteiger partial charge in [0.1, 0.15) is 24.7 Å². The van der Waals surface area contributed by atoms with Gasteiger partial charge in [0.05, 0.1) is 6.10 Å². The topological polar surface area (TPSA) is 38.7 Å². The monoisotopic (exact) mass is 350 g/mol. The zero-order valence-corrected chi connectivity index (χ0v) is 13.5. The number of benzene rings is 2. The van der Waals surface area contributed by atoms with Crippen molar-refractivity contribution in [3.63, 3.8) is 0 Å². The Bertz CT molecular complexity index is 554. The lowest BCUT2D eigenvalue weighted by atomic mass is 10.1. The molecule has 0 aliphatic heterocycles. The molecule has 1 atom stereocenters. The van der Waals surface area contributed by atoms with Gasteiger partial charge in [0.2, 0.25) is 0 Å². The number of aliphatic hydroxyl groups is 1. The van der Waals surface area contributed by atoms with E-state index in [-0.39, 0.29) is 0 Å². The van der Waals surface area contributed by atoms with Crippen LogP contribution in [0.1, 0.15) is 25.0 Å². The zero-order valence-electron chi connectivity index (χ0n) is 12.0. The predicted octanol–water partition coefficient (Wildman–Crippen LogP) is 4.35. The molecule has 112 valence electrons. The Morgan fingerprint density at radius 1 is 1.00 bits per heavy atom. The number of rotatable bonds is 7. The molecule has 2 rings (SSSR count). The second kappa shape index (κ2) is 8.05. The van der Waals surface area contributed by atoms with Crippen molar-refractivity contribution in [2.75, 3.05) is 13.2 Å². The summed E-state index contributed by atoms with van der Waals surface area (Å²) in [4.78, 5) is 0. The van der Waals surface area contributed by atoms with Gasteiger partial charge in [-0.15, -0.1) is 0 Å². The Balaban J connectivity index is 1.85. The molecule has 0 spiro atoms. The van der Waals surface area contributed by atoms with Crippen molar-refractivity contribution in [3.8, 4) is 11.5 Å². The van der Waals surface area contributed by atoms with E-state index in [0.29, 0.717) is 25.4 Å². The van der Waals surface area contributed by atoms with Crippen LogP contribution in [0.15, 0.2) is 53.0 Å². The molecule has 0 heterocycles. The predicted molar refractivity (Wildman–Crippen MR) is 86.8 cm³/mol. The van der Waals surface area contributed by atoms with Crippen molar-refractivity contribution in [1.29, 1.82) is 0 Å². The maximum Gasteiger partial charge on any atom is 0.125 e. The summed E-state index contributed by atoms with van der Waals surface area (Å²) >= 11 is 3.38. The van der Waals surface area contributed by atoms with Gasteiger partial charge in [-0.3, -0.25) is 0 Å². The molecule has 0 aliphatic carbocycles. The van der Waals surface area contributed by atoms with Crippen LogP contribution in [0.3, 0.4) is 0 Å². The minimum atomic E-state index is -0.492. The molecule has 3 nitrogen and oxygen atoms in total. The Kier molecular flexibility index (Phi) is 6.08. The largest absolute Gasteiger partial charge is 0.490 e. The van der Waals surface area contributed by atoms with Gasteiger partial charge >= 0.3 is 0 Å². The van der Waals surface area contributed by atoms with E-state index in [4.69, 9.17) is 9.47 Å². The van der Waals surface area contributed by atoms with Crippen molar-refractivity contribution in [1.82, 2.24) is 0 Å². The van der Waals surface area contributed by atoms with Crippen LogP contribution < -0.4 is 9.47 Å². The molecule has 0 aliphatic rings. The van der Waals surface area contributed by atoms with Crippen LogP contribution >= 0.6 is 15.9 Å². The summed E-state index contributed by atoms with van der Waals surface area (Å²) in [6.07, 6.45) is 0.170. The van der Waals surface area contributed by atoms with Gasteiger partial charge in [-0.2, -0.15) is 0 Å². The normalized spacial score (nSPS) is 12.0. The van der Waals surface area contributed by atoms with Gasteiger partial charge in [-0.1, -0.05) is 41.1 Å². The molecule has 1 N–H and O–H groups in total. The van der Waals surface area contributed by atoms with E-state index in [1.165, 1.54) is 0 Å². The average Bonchev–Trinajstić information content (AvgIpc) is 2.53. The molecule has 0 saturated heterocycles. The van der Waals surface area contributed by atoms with E-state index in [9.17, 15) is 5.11 Å². The molecule has 0 radical (unpaired) electrons. The number of hydrogen-bond acceptors (Lipinski definition) is 3. The smallest absolute Gasteiger partial charge is 0.125 e. The highest BCUT2D eigenvalue weighted by Gasteiger charge is 2.10. The fourth-order valence-corrected chi connectivity index (χ4v) is 2.21. The van der Waals surface area contributed by atoms with E-state index in [1.54, 1.807) is 0 Å². The molecule has 0 saturated carbocycles. The van der Waals surface area contributed by atoms with Crippen molar-refractivity contribution < 1.29 is 14.6 Å². The average molecular weight is 351 g/mol. The fraction of sp³-hybridized carbons (Fsp3) is 0.294.